The van der Waals surface area contributed by atoms with Gasteiger partial charge in [-0.2, -0.15) is 0 Å². The first-order valence-electron chi connectivity index (χ1n) is 9.60. The molecule has 8 unspecified atom stereocenters. The van der Waals surface area contributed by atoms with Gasteiger partial charge in [-0.1, -0.05) is 37.3 Å². The van der Waals surface area contributed by atoms with Gasteiger partial charge >= 0.3 is 0 Å². The first-order chi connectivity index (χ1) is 12.5. The van der Waals surface area contributed by atoms with E-state index >= 15 is 0 Å². The highest BCUT2D eigenvalue weighted by molar-refractivity contribution is 8.03. The molecule has 0 aromatic heterocycles. The molecule has 4 nitrogen and oxygen atoms in total. The summed E-state index contributed by atoms with van der Waals surface area (Å²) in [5, 5.41) is 16.3. The second kappa shape index (κ2) is 7.02. The molecule has 4 rings (SSSR count). The van der Waals surface area contributed by atoms with Gasteiger partial charge in [-0.3, -0.25) is 4.79 Å². The Morgan fingerprint density at radius 1 is 1.35 bits per heavy atom. The molecule has 1 saturated heterocycles. The summed E-state index contributed by atoms with van der Waals surface area (Å²) in [6.45, 7) is 4.16. The van der Waals surface area contributed by atoms with Crippen LogP contribution in [0.3, 0.4) is 0 Å². The number of nitrogens with one attached hydrogen (secondary N) is 1. The second-order valence-corrected chi connectivity index (χ2v) is 9.36. The molecular weight excluding hydrogens is 344 g/mol. The Balaban J connectivity index is 1.67. The summed E-state index contributed by atoms with van der Waals surface area (Å²) in [6.07, 6.45) is 3.40. The maximum Gasteiger partial charge on any atom is 0.234 e. The van der Waals surface area contributed by atoms with Crippen LogP contribution in [0, 0.1) is 17.8 Å². The van der Waals surface area contributed by atoms with E-state index in [4.69, 9.17) is 5.73 Å². The van der Waals surface area contributed by atoms with Crippen LogP contribution in [0.2, 0.25) is 0 Å². The predicted molar refractivity (Wildman–Crippen MR) is 106 cm³/mol. The van der Waals surface area contributed by atoms with Gasteiger partial charge in [-0.25, -0.2) is 0 Å². The monoisotopic (exact) mass is 372 g/mol. The van der Waals surface area contributed by atoms with E-state index in [-0.39, 0.29) is 53.0 Å². The number of hydrogen-bond donors (Lipinski definition) is 3. The van der Waals surface area contributed by atoms with E-state index in [1.807, 2.05) is 6.92 Å². The summed E-state index contributed by atoms with van der Waals surface area (Å²) < 4.78 is 0. The molecule has 2 fully saturated rings. The van der Waals surface area contributed by atoms with Crippen molar-refractivity contribution in [2.24, 2.45) is 23.5 Å². The number of amides is 1. The summed E-state index contributed by atoms with van der Waals surface area (Å²) in [4.78, 5) is 12.5. The summed E-state index contributed by atoms with van der Waals surface area (Å²) in [7, 11) is 0. The number of rotatable bonds is 3. The number of nitrogens with two attached hydrogens (primary N) is 1. The molecule has 1 aromatic carbocycles. The Labute approximate surface area is 159 Å². The van der Waals surface area contributed by atoms with E-state index < -0.39 is 0 Å². The smallest absolute Gasteiger partial charge is 0.234 e. The first kappa shape index (κ1) is 18.1. The van der Waals surface area contributed by atoms with Crippen LogP contribution in [0.15, 0.2) is 35.7 Å². The second-order valence-electron chi connectivity index (χ2n) is 8.30. The van der Waals surface area contributed by atoms with Crippen molar-refractivity contribution in [3.63, 3.8) is 0 Å². The highest BCUT2D eigenvalue weighted by atomic mass is 32.2. The van der Waals surface area contributed by atoms with Crippen LogP contribution in [0.1, 0.15) is 37.3 Å². The number of hydrogen-bond acceptors (Lipinski definition) is 4. The Kier molecular flexibility index (Phi) is 4.88. The summed E-state index contributed by atoms with van der Waals surface area (Å²) in [5.41, 5.74) is 8.31. The lowest BCUT2D eigenvalue weighted by Gasteiger charge is -2.51. The number of allylic oxidation sites excluding steroid dienone is 1. The fourth-order valence-electron chi connectivity index (χ4n) is 5.17. The van der Waals surface area contributed by atoms with E-state index in [0.717, 1.165) is 12.8 Å². The Hall–Kier alpha value is -1.30. The van der Waals surface area contributed by atoms with Crippen molar-refractivity contribution in [2.75, 3.05) is 0 Å². The number of fused-ring (bicyclic) bond motifs is 3. The highest BCUT2D eigenvalue weighted by Gasteiger charge is 2.53. The Morgan fingerprint density at radius 2 is 2.08 bits per heavy atom. The van der Waals surface area contributed by atoms with Gasteiger partial charge in [-0.15, -0.1) is 11.8 Å². The van der Waals surface area contributed by atoms with Crippen LogP contribution < -0.4 is 11.1 Å². The number of aliphatic hydroxyl groups excluding tert-OH is 1. The summed E-state index contributed by atoms with van der Waals surface area (Å²) in [6, 6.07) is 8.84. The molecule has 0 spiro atoms. The van der Waals surface area contributed by atoms with Gasteiger partial charge in [0, 0.05) is 23.9 Å². The molecule has 1 aliphatic carbocycles. The third-order valence-electron chi connectivity index (χ3n) is 6.28. The lowest BCUT2D eigenvalue weighted by atomic mass is 9.60. The molecule has 2 aliphatic heterocycles. The lowest BCUT2D eigenvalue weighted by molar-refractivity contribution is -0.128. The standard InChI is InChI=1S/C21H28N2O2S/c1-11-9-16(24)17(14-5-3-13(4-6-14)10-12(2)22)18-15-7-8-26-20(15)21(25)23-19(11)18/h3-8,11-12,15-20,24H,9-10,22H2,1-2H3,(H,23,25). The normalized spacial score (nSPS) is 39.8. The molecule has 1 aromatic rings. The third kappa shape index (κ3) is 3.10. The largest absolute Gasteiger partial charge is 0.392 e. The fourth-order valence-corrected chi connectivity index (χ4v) is 6.25. The Bertz CT molecular complexity index is 702. The van der Waals surface area contributed by atoms with Crippen LogP contribution in [0.5, 0.6) is 0 Å². The summed E-state index contributed by atoms with van der Waals surface area (Å²) in [5.74, 6) is 0.928. The molecule has 3 aliphatic rings. The van der Waals surface area contributed by atoms with Crippen LogP contribution in [0.4, 0.5) is 0 Å². The molecule has 2 heterocycles. The number of thioether (sulfide) groups is 1. The molecule has 1 saturated carbocycles. The molecule has 4 N–H and O–H groups in total. The number of piperidine rings is 1. The van der Waals surface area contributed by atoms with Crippen molar-refractivity contribution < 1.29 is 9.90 Å². The van der Waals surface area contributed by atoms with E-state index in [1.54, 1.807) is 11.8 Å². The zero-order chi connectivity index (χ0) is 18.4. The zero-order valence-corrected chi connectivity index (χ0v) is 16.2. The molecule has 26 heavy (non-hydrogen) atoms. The molecule has 0 radical (unpaired) electrons. The van der Waals surface area contributed by atoms with Crippen molar-refractivity contribution in [1.82, 2.24) is 5.32 Å². The minimum absolute atomic E-state index is 0.0476. The topological polar surface area (TPSA) is 75.3 Å². The van der Waals surface area contributed by atoms with E-state index in [2.05, 4.69) is 48.0 Å². The average molecular weight is 373 g/mol. The minimum atomic E-state index is -0.375. The molecule has 8 atom stereocenters. The maximum absolute atomic E-state index is 12.5. The van der Waals surface area contributed by atoms with Gasteiger partial charge in [0.15, 0.2) is 0 Å². The number of carbonyl (C=O) groups excluding carboxylic acids is 1. The highest BCUT2D eigenvalue weighted by Crippen LogP contribution is 2.51. The van der Waals surface area contributed by atoms with Crippen molar-refractivity contribution in [2.45, 2.75) is 56.0 Å². The number of aliphatic hydroxyl groups is 1. The first-order valence-corrected chi connectivity index (χ1v) is 10.5. The van der Waals surface area contributed by atoms with Gasteiger partial charge in [0.1, 0.15) is 0 Å². The Morgan fingerprint density at radius 3 is 2.77 bits per heavy atom. The van der Waals surface area contributed by atoms with Crippen LogP contribution >= 0.6 is 11.8 Å². The quantitative estimate of drug-likeness (QED) is 0.762. The van der Waals surface area contributed by atoms with Crippen molar-refractivity contribution in [1.29, 1.82) is 0 Å². The third-order valence-corrected chi connectivity index (χ3v) is 7.42. The van der Waals surface area contributed by atoms with Gasteiger partial charge in [-0.05, 0) is 48.1 Å². The van der Waals surface area contributed by atoms with Gasteiger partial charge < -0.3 is 16.2 Å². The van der Waals surface area contributed by atoms with Crippen molar-refractivity contribution >= 4 is 17.7 Å². The average Bonchev–Trinajstić information content (AvgIpc) is 3.07. The zero-order valence-electron chi connectivity index (χ0n) is 15.3. The van der Waals surface area contributed by atoms with Crippen LogP contribution in [-0.4, -0.2) is 34.5 Å². The van der Waals surface area contributed by atoms with Crippen molar-refractivity contribution in [3.8, 4) is 0 Å². The molecule has 5 heteroatoms. The fraction of sp³-hybridized carbons (Fsp3) is 0.571. The van der Waals surface area contributed by atoms with E-state index in [1.165, 1.54) is 11.1 Å². The van der Waals surface area contributed by atoms with Gasteiger partial charge in [0.2, 0.25) is 5.91 Å². The van der Waals surface area contributed by atoms with Gasteiger partial charge in [0.25, 0.3) is 0 Å². The van der Waals surface area contributed by atoms with E-state index in [9.17, 15) is 9.90 Å². The lowest BCUT2D eigenvalue weighted by Crippen LogP contribution is -2.62. The summed E-state index contributed by atoms with van der Waals surface area (Å²) >= 11 is 1.61. The van der Waals surface area contributed by atoms with Gasteiger partial charge in [0.05, 0.1) is 11.4 Å². The van der Waals surface area contributed by atoms with E-state index in [0.29, 0.717) is 0 Å². The van der Waals surface area contributed by atoms with Crippen LogP contribution in [0.25, 0.3) is 0 Å². The van der Waals surface area contributed by atoms with Crippen molar-refractivity contribution in [3.05, 3.63) is 46.9 Å². The molecule has 140 valence electrons. The minimum Gasteiger partial charge on any atom is -0.392 e. The predicted octanol–water partition coefficient (Wildman–Crippen LogP) is 2.42. The number of carbonyl (C=O) groups is 1. The number of benzene rings is 1. The molecule has 0 bridgehead atoms. The molecular formula is C21H28N2O2S. The maximum atomic E-state index is 12.5. The van der Waals surface area contributed by atoms with Crippen LogP contribution in [-0.2, 0) is 11.2 Å². The SMILES string of the molecule is CC(N)Cc1ccc(C2C(O)CC(C)C3NC(=O)C4SC=CC4C32)cc1. The molecule has 1 amide bonds.